The van der Waals surface area contributed by atoms with Gasteiger partial charge in [0.25, 0.3) is 0 Å². The molecule has 23 heavy (non-hydrogen) atoms. The lowest BCUT2D eigenvalue weighted by Crippen LogP contribution is -2.15. The largest absolute Gasteiger partial charge is 0.495 e. The molecule has 0 spiro atoms. The fourth-order valence-electron chi connectivity index (χ4n) is 2.16. The molecule has 2 aromatic rings. The highest BCUT2D eigenvalue weighted by atomic mass is 35.5. The van der Waals surface area contributed by atoms with Crippen LogP contribution in [-0.4, -0.2) is 29.7 Å². The smallest absolute Gasteiger partial charge is 0.226 e. The van der Waals surface area contributed by atoms with Crippen molar-refractivity contribution in [2.24, 2.45) is 0 Å². The number of hydrogen-bond acceptors (Lipinski definition) is 4. The second-order valence-electron chi connectivity index (χ2n) is 5.09. The number of benzene rings is 1. The number of hydrogen-bond donors (Lipinski definition) is 1. The van der Waals surface area contributed by atoms with Crippen molar-refractivity contribution in [1.82, 2.24) is 9.55 Å². The van der Waals surface area contributed by atoms with Gasteiger partial charge in [-0.05, 0) is 19.9 Å². The van der Waals surface area contributed by atoms with Crippen LogP contribution in [0.15, 0.2) is 18.5 Å². The molecule has 0 unspecified atom stereocenters. The van der Waals surface area contributed by atoms with E-state index in [1.165, 1.54) is 14.2 Å². The van der Waals surface area contributed by atoms with Gasteiger partial charge >= 0.3 is 0 Å². The number of halogens is 1. The number of ether oxygens (including phenoxy) is 2. The number of aromatic nitrogens is 2. The third kappa shape index (κ3) is 3.96. The lowest BCUT2D eigenvalue weighted by molar-refractivity contribution is -0.116. The molecule has 1 heterocycles. The summed E-state index contributed by atoms with van der Waals surface area (Å²) in [6.07, 6.45) is 2.06. The van der Waals surface area contributed by atoms with E-state index in [0.717, 1.165) is 11.4 Å². The highest BCUT2D eigenvalue weighted by Gasteiger charge is 2.13. The van der Waals surface area contributed by atoms with E-state index in [-0.39, 0.29) is 5.91 Å². The van der Waals surface area contributed by atoms with Gasteiger partial charge in [-0.15, -0.1) is 0 Å². The lowest BCUT2D eigenvalue weighted by atomic mass is 10.2. The average molecular weight is 338 g/mol. The first-order chi connectivity index (χ1) is 11.0. The minimum atomic E-state index is -0.129. The Labute approximate surface area is 140 Å². The van der Waals surface area contributed by atoms with Crippen molar-refractivity contribution >= 4 is 23.2 Å². The van der Waals surface area contributed by atoms with E-state index in [0.29, 0.717) is 35.2 Å². The van der Waals surface area contributed by atoms with Gasteiger partial charge in [-0.3, -0.25) is 4.79 Å². The fourth-order valence-corrected chi connectivity index (χ4v) is 2.40. The van der Waals surface area contributed by atoms with Crippen LogP contribution in [0, 0.1) is 13.8 Å². The van der Waals surface area contributed by atoms with Crippen LogP contribution in [0.5, 0.6) is 11.5 Å². The molecule has 0 bridgehead atoms. The van der Waals surface area contributed by atoms with Crippen LogP contribution in [0.4, 0.5) is 5.69 Å². The number of aryl methyl sites for hydroxylation is 2. The minimum Gasteiger partial charge on any atom is -0.495 e. The van der Waals surface area contributed by atoms with Crippen LogP contribution in [0.3, 0.4) is 0 Å². The van der Waals surface area contributed by atoms with Crippen molar-refractivity contribution in [2.75, 3.05) is 19.5 Å². The summed E-state index contributed by atoms with van der Waals surface area (Å²) in [5.74, 6) is 0.857. The molecule has 2 rings (SSSR count). The number of anilines is 1. The van der Waals surface area contributed by atoms with Crippen LogP contribution in [-0.2, 0) is 11.3 Å². The summed E-state index contributed by atoms with van der Waals surface area (Å²) in [5.41, 5.74) is 2.54. The van der Waals surface area contributed by atoms with Gasteiger partial charge < -0.3 is 19.4 Å². The first-order valence-electron chi connectivity index (χ1n) is 7.16. The van der Waals surface area contributed by atoms with E-state index < -0.39 is 0 Å². The van der Waals surface area contributed by atoms with E-state index in [2.05, 4.69) is 10.3 Å². The Morgan fingerprint density at radius 3 is 2.52 bits per heavy atom. The van der Waals surface area contributed by atoms with Crippen molar-refractivity contribution < 1.29 is 14.3 Å². The summed E-state index contributed by atoms with van der Waals surface area (Å²) < 4.78 is 12.3. The number of carbonyl (C=O) groups excluding carboxylic acids is 1. The summed E-state index contributed by atoms with van der Waals surface area (Å²) in [5, 5.41) is 3.22. The number of carbonyl (C=O) groups is 1. The molecule has 1 aromatic carbocycles. The summed E-state index contributed by atoms with van der Waals surface area (Å²) >= 11 is 6.09. The van der Waals surface area contributed by atoms with Crippen LogP contribution in [0.2, 0.25) is 5.02 Å². The highest BCUT2D eigenvalue weighted by Crippen LogP contribution is 2.35. The van der Waals surface area contributed by atoms with Crippen LogP contribution in [0.25, 0.3) is 0 Å². The molecule has 1 amide bonds. The van der Waals surface area contributed by atoms with Gasteiger partial charge in [0, 0.05) is 24.7 Å². The van der Waals surface area contributed by atoms with E-state index >= 15 is 0 Å². The van der Waals surface area contributed by atoms with Gasteiger partial charge in [-0.25, -0.2) is 4.98 Å². The van der Waals surface area contributed by atoms with Gasteiger partial charge in [-0.1, -0.05) is 11.6 Å². The van der Waals surface area contributed by atoms with Crippen LogP contribution < -0.4 is 14.8 Å². The quantitative estimate of drug-likeness (QED) is 0.879. The van der Waals surface area contributed by atoms with Gasteiger partial charge in [0.1, 0.15) is 11.5 Å². The third-order valence-corrected chi connectivity index (χ3v) is 3.97. The molecule has 0 aliphatic heterocycles. The summed E-state index contributed by atoms with van der Waals surface area (Å²) in [6, 6.07) is 3.26. The molecular formula is C16H20ClN3O3. The Balaban J connectivity index is 2.05. The number of nitrogens with one attached hydrogen (secondary N) is 1. The molecule has 0 aliphatic carbocycles. The van der Waals surface area contributed by atoms with Crippen molar-refractivity contribution in [3.05, 3.63) is 34.9 Å². The minimum absolute atomic E-state index is 0.129. The highest BCUT2D eigenvalue weighted by molar-refractivity contribution is 6.32. The zero-order valence-corrected chi connectivity index (χ0v) is 14.4. The zero-order valence-electron chi connectivity index (χ0n) is 13.6. The number of imidazole rings is 1. The number of amides is 1. The molecule has 0 fully saturated rings. The van der Waals surface area contributed by atoms with E-state index in [9.17, 15) is 4.79 Å². The second-order valence-corrected chi connectivity index (χ2v) is 5.50. The zero-order chi connectivity index (χ0) is 17.0. The summed E-state index contributed by atoms with van der Waals surface area (Å²) in [4.78, 5) is 16.4. The fraction of sp³-hybridized carbons (Fsp3) is 0.375. The predicted octanol–water partition coefficient (Wildman–Crippen LogP) is 3.20. The topological polar surface area (TPSA) is 65.4 Å². The maximum atomic E-state index is 12.2. The first kappa shape index (κ1) is 17.1. The molecule has 124 valence electrons. The molecule has 1 aromatic heterocycles. The maximum Gasteiger partial charge on any atom is 0.226 e. The van der Waals surface area contributed by atoms with Crippen molar-refractivity contribution in [1.29, 1.82) is 0 Å². The average Bonchev–Trinajstić information content (AvgIpc) is 2.85. The molecule has 0 radical (unpaired) electrons. The molecule has 6 nitrogen and oxygen atoms in total. The van der Waals surface area contributed by atoms with Gasteiger partial charge in [-0.2, -0.15) is 0 Å². The Morgan fingerprint density at radius 1 is 1.26 bits per heavy atom. The van der Waals surface area contributed by atoms with Crippen molar-refractivity contribution in [3.63, 3.8) is 0 Å². The molecular weight excluding hydrogens is 318 g/mol. The molecule has 7 heteroatoms. The Kier molecular flexibility index (Phi) is 5.50. The van der Waals surface area contributed by atoms with E-state index in [1.54, 1.807) is 18.5 Å². The Bertz CT molecular complexity index is 713. The monoisotopic (exact) mass is 337 g/mol. The van der Waals surface area contributed by atoms with E-state index in [4.69, 9.17) is 21.1 Å². The Morgan fingerprint density at radius 2 is 1.96 bits per heavy atom. The second kappa shape index (κ2) is 7.37. The number of methoxy groups -OCH3 is 2. The summed E-state index contributed by atoms with van der Waals surface area (Å²) in [6.45, 7) is 4.48. The Hall–Kier alpha value is -2.21. The molecule has 0 atom stereocenters. The van der Waals surface area contributed by atoms with Gasteiger partial charge in [0.2, 0.25) is 5.91 Å². The van der Waals surface area contributed by atoms with Gasteiger partial charge in [0.05, 0.1) is 37.0 Å². The SMILES string of the molecule is COc1cc(OC)c(NC(=O)CCn2cnc(C)c2C)cc1Cl. The lowest BCUT2D eigenvalue weighted by Gasteiger charge is -2.13. The molecule has 0 saturated heterocycles. The maximum absolute atomic E-state index is 12.2. The first-order valence-corrected chi connectivity index (χ1v) is 7.53. The normalized spacial score (nSPS) is 10.5. The number of nitrogens with zero attached hydrogens (tertiary/aromatic N) is 2. The number of rotatable bonds is 6. The van der Waals surface area contributed by atoms with Crippen LogP contribution >= 0.6 is 11.6 Å². The standard InChI is InChI=1S/C16H20ClN3O3/c1-10-11(2)20(9-18-10)6-5-16(21)19-13-7-12(17)14(22-3)8-15(13)23-4/h7-9H,5-6H2,1-4H3,(H,19,21). The molecule has 0 aliphatic rings. The van der Waals surface area contributed by atoms with Crippen molar-refractivity contribution in [3.8, 4) is 11.5 Å². The van der Waals surface area contributed by atoms with E-state index in [1.807, 2.05) is 18.4 Å². The molecule has 0 saturated carbocycles. The summed E-state index contributed by atoms with van der Waals surface area (Å²) in [7, 11) is 3.05. The predicted molar refractivity (Wildman–Crippen MR) is 89.5 cm³/mol. The molecule has 1 N–H and O–H groups in total. The third-order valence-electron chi connectivity index (χ3n) is 3.67. The van der Waals surface area contributed by atoms with Crippen molar-refractivity contribution in [2.45, 2.75) is 26.8 Å². The van der Waals surface area contributed by atoms with Crippen LogP contribution in [0.1, 0.15) is 17.8 Å². The van der Waals surface area contributed by atoms with Gasteiger partial charge in [0.15, 0.2) is 0 Å².